The fourth-order valence-electron chi connectivity index (χ4n) is 1.22. The van der Waals surface area contributed by atoms with Gasteiger partial charge >= 0.3 is 0 Å². The van der Waals surface area contributed by atoms with Crippen molar-refractivity contribution in [2.24, 2.45) is 18.9 Å². The summed E-state index contributed by atoms with van der Waals surface area (Å²) in [7, 11) is 1.76. The van der Waals surface area contributed by atoms with Crippen LogP contribution in [0.3, 0.4) is 0 Å². The maximum atomic E-state index is 11.6. The van der Waals surface area contributed by atoms with Gasteiger partial charge in [0.05, 0.1) is 18.0 Å². The van der Waals surface area contributed by atoms with Crippen LogP contribution in [0.2, 0.25) is 0 Å². The Hall–Kier alpha value is -1.83. The molecule has 5 nitrogen and oxygen atoms in total. The molecule has 0 bridgehead atoms. The van der Waals surface area contributed by atoms with Crippen LogP contribution < -0.4 is 5.32 Å². The van der Waals surface area contributed by atoms with E-state index in [0.29, 0.717) is 5.69 Å². The van der Waals surface area contributed by atoms with Crippen LogP contribution in [-0.4, -0.2) is 15.7 Å². The normalized spacial score (nSPS) is 12.2. The molecule has 0 saturated carbocycles. The Morgan fingerprint density at radius 1 is 1.67 bits per heavy atom. The van der Waals surface area contributed by atoms with Crippen LogP contribution >= 0.6 is 0 Å². The van der Waals surface area contributed by atoms with Crippen LogP contribution in [0.25, 0.3) is 0 Å². The second kappa shape index (κ2) is 4.60. The van der Waals surface area contributed by atoms with E-state index in [9.17, 15) is 4.79 Å². The van der Waals surface area contributed by atoms with Gasteiger partial charge in [-0.15, -0.1) is 0 Å². The Labute approximate surface area is 88.7 Å². The van der Waals surface area contributed by atoms with E-state index in [1.165, 1.54) is 0 Å². The molecule has 0 aliphatic carbocycles. The van der Waals surface area contributed by atoms with Crippen LogP contribution in [0.5, 0.6) is 0 Å². The number of carbonyl (C=O) groups excluding carboxylic acids is 1. The average molecular weight is 206 g/mol. The summed E-state index contributed by atoms with van der Waals surface area (Å²) in [5.41, 5.74) is 0.614. The summed E-state index contributed by atoms with van der Waals surface area (Å²) in [6.07, 6.45) is 3.24. The molecule has 1 aromatic rings. The van der Waals surface area contributed by atoms with Gasteiger partial charge in [0.25, 0.3) is 0 Å². The van der Waals surface area contributed by atoms with E-state index in [1.807, 2.05) is 19.9 Å². The van der Waals surface area contributed by atoms with Crippen molar-refractivity contribution in [3.8, 4) is 6.07 Å². The summed E-state index contributed by atoms with van der Waals surface area (Å²) >= 11 is 0. The van der Waals surface area contributed by atoms with Crippen molar-refractivity contribution in [3.63, 3.8) is 0 Å². The van der Waals surface area contributed by atoms with Crippen LogP contribution in [0.15, 0.2) is 12.4 Å². The number of carbonyl (C=O) groups is 1. The number of nitriles is 1. The van der Waals surface area contributed by atoms with Gasteiger partial charge in [-0.3, -0.25) is 9.48 Å². The fourth-order valence-corrected chi connectivity index (χ4v) is 1.22. The minimum absolute atomic E-state index is 0.00618. The molecule has 1 aromatic heterocycles. The zero-order valence-corrected chi connectivity index (χ0v) is 9.06. The molecule has 1 unspecified atom stereocenters. The third-order valence-corrected chi connectivity index (χ3v) is 2.06. The largest absolute Gasteiger partial charge is 0.322 e. The molecule has 1 amide bonds. The zero-order chi connectivity index (χ0) is 11.4. The first-order valence-electron chi connectivity index (χ1n) is 4.73. The molecule has 1 heterocycles. The molecule has 0 aromatic carbocycles. The molecule has 1 atom stereocenters. The molecule has 0 spiro atoms. The van der Waals surface area contributed by atoms with Crippen molar-refractivity contribution in [2.45, 2.75) is 13.8 Å². The van der Waals surface area contributed by atoms with Crippen LogP contribution in [-0.2, 0) is 11.8 Å². The predicted molar refractivity (Wildman–Crippen MR) is 55.8 cm³/mol. The molecule has 0 aliphatic heterocycles. The van der Waals surface area contributed by atoms with Crippen molar-refractivity contribution in [3.05, 3.63) is 12.4 Å². The minimum Gasteiger partial charge on any atom is -0.322 e. The summed E-state index contributed by atoms with van der Waals surface area (Å²) in [6, 6.07) is 1.99. The van der Waals surface area contributed by atoms with E-state index in [0.717, 1.165) is 0 Å². The topological polar surface area (TPSA) is 70.7 Å². The lowest BCUT2D eigenvalue weighted by molar-refractivity contribution is -0.119. The number of anilines is 1. The first-order valence-corrected chi connectivity index (χ1v) is 4.73. The standard InChI is InChI=1S/C10H14N4O/c1-7(2)9(4-11)10(15)13-8-5-12-14(3)6-8/h5-7,9H,1-3H3,(H,13,15). The van der Waals surface area contributed by atoms with Crippen molar-refractivity contribution >= 4 is 11.6 Å². The van der Waals surface area contributed by atoms with E-state index >= 15 is 0 Å². The lowest BCUT2D eigenvalue weighted by Crippen LogP contribution is -2.25. The van der Waals surface area contributed by atoms with Crippen molar-refractivity contribution in [2.75, 3.05) is 5.32 Å². The molecule has 0 radical (unpaired) electrons. The predicted octanol–water partition coefficient (Wildman–Crippen LogP) is 1.15. The van der Waals surface area contributed by atoms with Gasteiger partial charge in [-0.05, 0) is 5.92 Å². The number of amides is 1. The smallest absolute Gasteiger partial charge is 0.242 e. The number of aromatic nitrogens is 2. The lowest BCUT2D eigenvalue weighted by atomic mass is 9.97. The molecule has 1 rings (SSSR count). The van der Waals surface area contributed by atoms with Gasteiger partial charge in [0, 0.05) is 13.2 Å². The molecule has 1 N–H and O–H groups in total. The van der Waals surface area contributed by atoms with Crippen molar-refractivity contribution in [1.82, 2.24) is 9.78 Å². The highest BCUT2D eigenvalue weighted by Gasteiger charge is 2.21. The van der Waals surface area contributed by atoms with Gasteiger partial charge in [0.1, 0.15) is 5.92 Å². The van der Waals surface area contributed by atoms with E-state index in [4.69, 9.17) is 5.26 Å². The maximum absolute atomic E-state index is 11.6. The first-order chi connectivity index (χ1) is 7.04. The van der Waals surface area contributed by atoms with Gasteiger partial charge in [-0.2, -0.15) is 10.4 Å². The Morgan fingerprint density at radius 3 is 2.73 bits per heavy atom. The highest BCUT2D eigenvalue weighted by Crippen LogP contribution is 2.13. The van der Waals surface area contributed by atoms with E-state index in [2.05, 4.69) is 10.4 Å². The van der Waals surface area contributed by atoms with Gasteiger partial charge in [0.15, 0.2) is 0 Å². The second-order valence-electron chi connectivity index (χ2n) is 3.74. The Balaban J connectivity index is 2.67. The molecule has 0 saturated heterocycles. The summed E-state index contributed by atoms with van der Waals surface area (Å²) in [5, 5.41) is 15.4. The second-order valence-corrected chi connectivity index (χ2v) is 3.74. The molecule has 5 heteroatoms. The Bertz CT molecular complexity index is 388. The molecule has 0 fully saturated rings. The highest BCUT2D eigenvalue weighted by molar-refractivity contribution is 5.94. The number of rotatable bonds is 3. The summed E-state index contributed by atoms with van der Waals surface area (Å²) in [4.78, 5) is 11.6. The summed E-state index contributed by atoms with van der Waals surface area (Å²) in [6.45, 7) is 3.69. The van der Waals surface area contributed by atoms with Gasteiger partial charge in [-0.1, -0.05) is 13.8 Å². The number of aryl methyl sites for hydroxylation is 1. The fraction of sp³-hybridized carbons (Fsp3) is 0.500. The van der Waals surface area contributed by atoms with Gasteiger partial charge < -0.3 is 5.32 Å². The van der Waals surface area contributed by atoms with Crippen LogP contribution in [0.1, 0.15) is 13.8 Å². The molecule has 15 heavy (non-hydrogen) atoms. The molecule has 80 valence electrons. The highest BCUT2D eigenvalue weighted by atomic mass is 16.1. The van der Waals surface area contributed by atoms with Crippen molar-refractivity contribution < 1.29 is 4.79 Å². The molecule has 0 aliphatic rings. The Kier molecular flexibility index (Phi) is 3.45. The van der Waals surface area contributed by atoms with E-state index in [-0.39, 0.29) is 11.8 Å². The summed E-state index contributed by atoms with van der Waals surface area (Å²) < 4.78 is 1.59. The third-order valence-electron chi connectivity index (χ3n) is 2.06. The van der Waals surface area contributed by atoms with Gasteiger partial charge in [-0.25, -0.2) is 0 Å². The number of nitrogens with one attached hydrogen (secondary N) is 1. The minimum atomic E-state index is -0.620. The van der Waals surface area contributed by atoms with Crippen LogP contribution in [0.4, 0.5) is 5.69 Å². The molecular formula is C10H14N4O. The van der Waals surface area contributed by atoms with Gasteiger partial charge in [0.2, 0.25) is 5.91 Å². The maximum Gasteiger partial charge on any atom is 0.242 e. The lowest BCUT2D eigenvalue weighted by Gasteiger charge is -2.11. The summed E-state index contributed by atoms with van der Waals surface area (Å²) in [5.74, 6) is -0.891. The average Bonchev–Trinajstić information content (AvgIpc) is 2.51. The zero-order valence-electron chi connectivity index (χ0n) is 9.06. The van der Waals surface area contributed by atoms with E-state index in [1.54, 1.807) is 24.1 Å². The van der Waals surface area contributed by atoms with E-state index < -0.39 is 5.92 Å². The van der Waals surface area contributed by atoms with Crippen LogP contribution in [0, 0.1) is 23.2 Å². The quantitative estimate of drug-likeness (QED) is 0.806. The first kappa shape index (κ1) is 11.2. The number of hydrogen-bond acceptors (Lipinski definition) is 3. The number of hydrogen-bond donors (Lipinski definition) is 1. The van der Waals surface area contributed by atoms with Crippen molar-refractivity contribution in [1.29, 1.82) is 5.26 Å². The SMILES string of the molecule is CC(C)C(C#N)C(=O)Nc1cnn(C)c1. The molecular weight excluding hydrogens is 192 g/mol. The monoisotopic (exact) mass is 206 g/mol. The third kappa shape index (κ3) is 2.81. The number of nitrogens with zero attached hydrogens (tertiary/aromatic N) is 3. The Morgan fingerprint density at radius 2 is 2.33 bits per heavy atom.